The summed E-state index contributed by atoms with van der Waals surface area (Å²) in [5.74, 6) is -0.740. The Morgan fingerprint density at radius 1 is 1.12 bits per heavy atom. The van der Waals surface area contributed by atoms with E-state index in [1.165, 1.54) is 18.2 Å². The van der Waals surface area contributed by atoms with Gasteiger partial charge in [-0.25, -0.2) is 0 Å². The van der Waals surface area contributed by atoms with E-state index in [9.17, 15) is 19.7 Å². The number of nitro groups is 1. The van der Waals surface area contributed by atoms with Crippen LogP contribution in [-0.4, -0.2) is 34.8 Å². The molecule has 122 valence electrons. The molecule has 8 heteroatoms. The number of rotatable bonds is 5. The Morgan fingerprint density at radius 2 is 1.88 bits per heavy atom. The van der Waals surface area contributed by atoms with Gasteiger partial charge in [-0.1, -0.05) is 23.7 Å². The minimum absolute atomic E-state index is 0.0178. The highest BCUT2D eigenvalue weighted by atomic mass is 35.5. The maximum absolute atomic E-state index is 12.4. The zero-order valence-electron chi connectivity index (χ0n) is 12.3. The molecule has 2 aromatic rings. The number of benzene rings is 2. The van der Waals surface area contributed by atoms with Gasteiger partial charge in [0.05, 0.1) is 17.0 Å². The molecule has 0 spiro atoms. The third-order valence-corrected chi connectivity index (χ3v) is 3.79. The van der Waals surface area contributed by atoms with Gasteiger partial charge in [0.2, 0.25) is 0 Å². The van der Waals surface area contributed by atoms with E-state index in [2.05, 4.69) is 0 Å². The van der Waals surface area contributed by atoms with Crippen molar-refractivity contribution in [3.8, 4) is 5.75 Å². The number of carbonyl (C=O) groups excluding carboxylic acids is 2. The third-order valence-electron chi connectivity index (χ3n) is 3.55. The van der Waals surface area contributed by atoms with E-state index in [1.807, 2.05) is 0 Å². The van der Waals surface area contributed by atoms with Crippen LogP contribution in [0.1, 0.15) is 20.7 Å². The fourth-order valence-corrected chi connectivity index (χ4v) is 2.66. The number of hydrogen-bond donors (Lipinski definition) is 0. The topological polar surface area (TPSA) is 89.8 Å². The molecule has 0 N–H and O–H groups in total. The van der Waals surface area contributed by atoms with Gasteiger partial charge in [0.1, 0.15) is 17.9 Å². The fraction of sp³-hybridized carbons (Fsp3) is 0.125. The molecule has 24 heavy (non-hydrogen) atoms. The molecular formula is C16H11ClN2O5. The van der Waals surface area contributed by atoms with E-state index in [0.29, 0.717) is 10.8 Å². The Balaban J connectivity index is 1.74. The molecule has 0 aromatic heterocycles. The van der Waals surface area contributed by atoms with Gasteiger partial charge in [-0.3, -0.25) is 24.6 Å². The van der Waals surface area contributed by atoms with Crippen LogP contribution in [0.2, 0.25) is 5.02 Å². The first-order chi connectivity index (χ1) is 11.5. The average Bonchev–Trinajstić information content (AvgIpc) is 2.80. The lowest BCUT2D eigenvalue weighted by atomic mass is 10.1. The summed E-state index contributed by atoms with van der Waals surface area (Å²) in [6.07, 6.45) is 0. The number of nitro benzene ring substituents is 1. The Labute approximate surface area is 141 Å². The number of halogens is 1. The monoisotopic (exact) mass is 346 g/mol. The number of hydrogen-bond acceptors (Lipinski definition) is 5. The highest BCUT2D eigenvalue weighted by Crippen LogP contribution is 2.30. The predicted octanol–water partition coefficient (Wildman–Crippen LogP) is 2.92. The van der Waals surface area contributed by atoms with Crippen LogP contribution in [0.25, 0.3) is 0 Å². The molecule has 0 radical (unpaired) electrons. The van der Waals surface area contributed by atoms with E-state index in [-0.39, 0.29) is 30.0 Å². The molecule has 7 nitrogen and oxygen atoms in total. The van der Waals surface area contributed by atoms with Crippen LogP contribution in [0.4, 0.5) is 5.69 Å². The summed E-state index contributed by atoms with van der Waals surface area (Å²) in [5, 5.41) is 11.5. The van der Waals surface area contributed by atoms with E-state index < -0.39 is 16.7 Å². The number of nitrogens with zero attached hydrogens (tertiary/aromatic N) is 2. The molecule has 1 heterocycles. The highest BCUT2D eigenvalue weighted by Gasteiger charge is 2.40. The molecule has 0 aliphatic carbocycles. The SMILES string of the molecule is O=C1c2cccc([N+](=O)[O-])c2C(=O)N1CCOc1cccc(Cl)c1. The van der Waals surface area contributed by atoms with Crippen LogP contribution in [-0.2, 0) is 0 Å². The van der Waals surface area contributed by atoms with Crippen molar-refractivity contribution in [2.24, 2.45) is 0 Å². The van der Waals surface area contributed by atoms with Crippen LogP contribution in [0.5, 0.6) is 5.75 Å². The Kier molecular flexibility index (Phi) is 4.18. The normalized spacial score (nSPS) is 13.1. The van der Waals surface area contributed by atoms with Crippen molar-refractivity contribution in [3.05, 3.63) is 68.7 Å². The molecule has 0 saturated carbocycles. The molecule has 0 saturated heterocycles. The molecule has 2 amide bonds. The first kappa shape index (κ1) is 15.9. The number of imide groups is 1. The van der Waals surface area contributed by atoms with Gasteiger partial charge < -0.3 is 4.74 Å². The van der Waals surface area contributed by atoms with Gasteiger partial charge in [-0.2, -0.15) is 0 Å². The molecule has 2 aromatic carbocycles. The second-order valence-electron chi connectivity index (χ2n) is 5.02. The number of amides is 2. The van der Waals surface area contributed by atoms with Gasteiger partial charge in [0.25, 0.3) is 17.5 Å². The van der Waals surface area contributed by atoms with Crippen molar-refractivity contribution in [2.45, 2.75) is 0 Å². The van der Waals surface area contributed by atoms with E-state index in [1.54, 1.807) is 24.3 Å². The largest absolute Gasteiger partial charge is 0.492 e. The Hall–Kier alpha value is -2.93. The number of carbonyl (C=O) groups is 2. The van der Waals surface area contributed by atoms with Gasteiger partial charge >= 0.3 is 0 Å². The quantitative estimate of drug-likeness (QED) is 0.471. The summed E-state index contributed by atoms with van der Waals surface area (Å²) < 4.78 is 5.46. The highest BCUT2D eigenvalue weighted by molar-refractivity contribution is 6.30. The molecule has 0 fully saturated rings. The predicted molar refractivity (Wildman–Crippen MR) is 85.4 cm³/mol. The van der Waals surface area contributed by atoms with E-state index in [4.69, 9.17) is 16.3 Å². The van der Waals surface area contributed by atoms with Crippen LogP contribution in [0, 0.1) is 10.1 Å². The molecule has 0 bridgehead atoms. The average molecular weight is 347 g/mol. The molecule has 1 aliphatic rings. The zero-order chi connectivity index (χ0) is 17.3. The van der Waals surface area contributed by atoms with Crippen molar-refractivity contribution in [1.82, 2.24) is 4.90 Å². The number of fused-ring (bicyclic) bond motifs is 1. The fourth-order valence-electron chi connectivity index (χ4n) is 2.48. The standard InChI is InChI=1S/C16H11ClN2O5/c17-10-3-1-4-11(9-10)24-8-7-18-15(20)12-5-2-6-13(19(22)23)14(12)16(18)21/h1-6,9H,7-8H2. The van der Waals surface area contributed by atoms with Gasteiger partial charge in [-0.05, 0) is 24.3 Å². The maximum Gasteiger partial charge on any atom is 0.282 e. The summed E-state index contributed by atoms with van der Waals surface area (Å²) in [4.78, 5) is 35.9. The van der Waals surface area contributed by atoms with Crippen LogP contribution >= 0.6 is 11.6 Å². The van der Waals surface area contributed by atoms with E-state index >= 15 is 0 Å². The van der Waals surface area contributed by atoms with E-state index in [0.717, 1.165) is 4.90 Å². The smallest absolute Gasteiger partial charge is 0.282 e. The van der Waals surface area contributed by atoms with Crippen molar-refractivity contribution in [3.63, 3.8) is 0 Å². The first-order valence-electron chi connectivity index (χ1n) is 7.01. The second kappa shape index (κ2) is 6.29. The molecule has 1 aliphatic heterocycles. The van der Waals surface area contributed by atoms with Crippen molar-refractivity contribution in [2.75, 3.05) is 13.2 Å². The Bertz CT molecular complexity index is 852. The lowest BCUT2D eigenvalue weighted by Gasteiger charge is -2.14. The molecule has 0 atom stereocenters. The summed E-state index contributed by atoms with van der Waals surface area (Å²) in [6.45, 7) is 0.0373. The van der Waals surface area contributed by atoms with Crippen LogP contribution < -0.4 is 4.74 Å². The summed E-state index contributed by atoms with van der Waals surface area (Å²) in [6, 6.07) is 10.7. The molecule has 3 rings (SSSR count). The van der Waals surface area contributed by atoms with Crippen LogP contribution in [0.15, 0.2) is 42.5 Å². The maximum atomic E-state index is 12.4. The lowest BCUT2D eigenvalue weighted by Crippen LogP contribution is -2.33. The summed E-state index contributed by atoms with van der Waals surface area (Å²) in [5.41, 5.74) is -0.503. The first-order valence-corrected chi connectivity index (χ1v) is 7.39. The third kappa shape index (κ3) is 2.81. The minimum Gasteiger partial charge on any atom is -0.492 e. The summed E-state index contributed by atoms with van der Waals surface area (Å²) >= 11 is 5.84. The summed E-state index contributed by atoms with van der Waals surface area (Å²) in [7, 11) is 0. The molecular weight excluding hydrogens is 336 g/mol. The van der Waals surface area contributed by atoms with Gasteiger partial charge in [-0.15, -0.1) is 0 Å². The van der Waals surface area contributed by atoms with Crippen LogP contribution in [0.3, 0.4) is 0 Å². The zero-order valence-corrected chi connectivity index (χ0v) is 13.0. The Morgan fingerprint density at radius 3 is 2.58 bits per heavy atom. The minimum atomic E-state index is -0.683. The van der Waals surface area contributed by atoms with Gasteiger partial charge in [0, 0.05) is 11.1 Å². The van der Waals surface area contributed by atoms with Gasteiger partial charge in [0.15, 0.2) is 0 Å². The lowest BCUT2D eigenvalue weighted by molar-refractivity contribution is -0.385. The van der Waals surface area contributed by atoms with Crippen molar-refractivity contribution < 1.29 is 19.2 Å². The number of ether oxygens (including phenoxy) is 1. The second-order valence-corrected chi connectivity index (χ2v) is 5.46. The molecule has 0 unspecified atom stereocenters. The van der Waals surface area contributed by atoms with Crippen molar-refractivity contribution >= 4 is 29.1 Å². The van der Waals surface area contributed by atoms with Crippen molar-refractivity contribution in [1.29, 1.82) is 0 Å².